The third kappa shape index (κ3) is 6.69. The van der Waals surface area contributed by atoms with Crippen molar-refractivity contribution >= 4 is 29.2 Å². The number of nitrogens with zero attached hydrogens (tertiary/aromatic N) is 3. The van der Waals surface area contributed by atoms with Crippen LogP contribution in [0.15, 0.2) is 47.4 Å². The van der Waals surface area contributed by atoms with Crippen molar-refractivity contribution < 1.29 is 14.3 Å². The summed E-state index contributed by atoms with van der Waals surface area (Å²) in [7, 11) is 1.66. The highest BCUT2D eigenvalue weighted by Gasteiger charge is 2.31. The second kappa shape index (κ2) is 12.2. The van der Waals surface area contributed by atoms with Crippen LogP contribution in [-0.4, -0.2) is 59.1 Å². The SMILES string of the molecule is CO[C@@H](C)CNCc1cc(C(=O)Nc2cc(-c3ccc(Cl)cc3C(=O)N3CC(C)C3)cc(C3CC3)n2)c(=O)n(C2CC2)c1. The summed E-state index contributed by atoms with van der Waals surface area (Å²) in [5.74, 6) is 0.569. The van der Waals surface area contributed by atoms with Gasteiger partial charge in [-0.1, -0.05) is 24.6 Å². The number of carbonyl (C=O) groups is 2. The summed E-state index contributed by atoms with van der Waals surface area (Å²) in [5.41, 5.74) is 3.54. The van der Waals surface area contributed by atoms with Gasteiger partial charge in [-0.25, -0.2) is 4.98 Å². The molecule has 43 heavy (non-hydrogen) atoms. The molecule has 6 rings (SSSR count). The van der Waals surface area contributed by atoms with Gasteiger partial charge in [-0.05, 0) is 85.5 Å². The van der Waals surface area contributed by atoms with Crippen LogP contribution in [0.4, 0.5) is 5.82 Å². The molecule has 2 amide bonds. The monoisotopic (exact) mass is 603 g/mol. The second-order valence-corrected chi connectivity index (χ2v) is 12.7. The van der Waals surface area contributed by atoms with Crippen molar-refractivity contribution in [2.75, 3.05) is 32.1 Å². The van der Waals surface area contributed by atoms with Gasteiger partial charge in [-0.3, -0.25) is 14.4 Å². The number of methoxy groups -OCH3 is 1. The second-order valence-electron chi connectivity index (χ2n) is 12.3. The predicted molar refractivity (Wildman–Crippen MR) is 167 cm³/mol. The highest BCUT2D eigenvalue weighted by atomic mass is 35.5. The number of rotatable bonds is 11. The molecule has 0 bridgehead atoms. The number of halogens is 1. The van der Waals surface area contributed by atoms with Gasteiger partial charge in [0, 0.05) is 67.7 Å². The summed E-state index contributed by atoms with van der Waals surface area (Å²) in [6.07, 6.45) is 5.78. The molecule has 3 aromatic rings. The molecule has 2 aliphatic carbocycles. The maximum absolute atomic E-state index is 13.7. The van der Waals surface area contributed by atoms with Crippen LogP contribution in [0.25, 0.3) is 11.1 Å². The first-order valence-corrected chi connectivity index (χ1v) is 15.5. The average Bonchev–Trinajstić information content (AvgIpc) is 3.89. The first-order valence-electron chi connectivity index (χ1n) is 15.1. The van der Waals surface area contributed by atoms with Gasteiger partial charge < -0.3 is 24.8 Å². The van der Waals surface area contributed by atoms with E-state index in [4.69, 9.17) is 21.3 Å². The first kappa shape index (κ1) is 29.5. The molecule has 3 heterocycles. The molecule has 0 radical (unpaired) electrons. The number of benzene rings is 1. The number of hydrogen-bond acceptors (Lipinski definition) is 6. The largest absolute Gasteiger partial charge is 0.380 e. The zero-order valence-electron chi connectivity index (χ0n) is 24.9. The van der Waals surface area contributed by atoms with Gasteiger partial charge in [0.25, 0.3) is 17.4 Å². The maximum atomic E-state index is 13.7. The Morgan fingerprint density at radius 3 is 2.53 bits per heavy atom. The molecule has 3 fully saturated rings. The molecule has 9 nitrogen and oxygen atoms in total. The molecule has 1 aromatic carbocycles. The van der Waals surface area contributed by atoms with Gasteiger partial charge in [-0.15, -0.1) is 0 Å². The molecule has 0 spiro atoms. The number of pyridine rings is 2. The van der Waals surface area contributed by atoms with E-state index in [9.17, 15) is 14.4 Å². The summed E-state index contributed by atoms with van der Waals surface area (Å²) in [5, 5.41) is 6.74. The number of ether oxygens (including phenoxy) is 1. The van der Waals surface area contributed by atoms with Crippen LogP contribution < -0.4 is 16.2 Å². The molecule has 226 valence electrons. The normalized spacial score (nSPS) is 17.4. The Bertz CT molecular complexity index is 1610. The van der Waals surface area contributed by atoms with Crippen molar-refractivity contribution in [2.45, 2.75) is 64.1 Å². The van der Waals surface area contributed by atoms with E-state index in [0.29, 0.717) is 54.4 Å². The topological polar surface area (TPSA) is 106 Å². The van der Waals surface area contributed by atoms with E-state index in [2.05, 4.69) is 17.6 Å². The number of nitrogens with one attached hydrogen (secondary N) is 2. The van der Waals surface area contributed by atoms with Crippen LogP contribution in [0.3, 0.4) is 0 Å². The van der Waals surface area contributed by atoms with Gasteiger partial charge in [0.15, 0.2) is 0 Å². The quantitative estimate of drug-likeness (QED) is 0.310. The van der Waals surface area contributed by atoms with Crippen molar-refractivity contribution in [1.29, 1.82) is 0 Å². The maximum Gasteiger partial charge on any atom is 0.263 e. The lowest BCUT2D eigenvalue weighted by Gasteiger charge is -2.37. The van der Waals surface area contributed by atoms with Crippen LogP contribution in [0.5, 0.6) is 0 Å². The Kier molecular flexibility index (Phi) is 8.40. The summed E-state index contributed by atoms with van der Waals surface area (Å²) in [6, 6.07) is 10.9. The Morgan fingerprint density at radius 1 is 1.09 bits per heavy atom. The smallest absolute Gasteiger partial charge is 0.263 e. The molecule has 3 aliphatic rings. The highest BCUT2D eigenvalue weighted by molar-refractivity contribution is 6.31. The van der Waals surface area contributed by atoms with Crippen LogP contribution in [0, 0.1) is 5.92 Å². The van der Waals surface area contributed by atoms with Crippen molar-refractivity contribution in [3.05, 3.63) is 80.4 Å². The van der Waals surface area contributed by atoms with E-state index >= 15 is 0 Å². The van der Waals surface area contributed by atoms with Crippen molar-refractivity contribution in [3.8, 4) is 11.1 Å². The molecule has 1 atom stereocenters. The average molecular weight is 604 g/mol. The van der Waals surface area contributed by atoms with Gasteiger partial charge in [0.1, 0.15) is 11.4 Å². The number of likely N-dealkylation sites (tertiary alicyclic amines) is 1. The van der Waals surface area contributed by atoms with E-state index in [-0.39, 0.29) is 29.2 Å². The lowest BCUT2D eigenvalue weighted by molar-refractivity contribution is 0.0531. The zero-order chi connectivity index (χ0) is 30.2. The van der Waals surface area contributed by atoms with Crippen molar-refractivity contribution in [3.63, 3.8) is 0 Å². The fraction of sp³-hybridized carbons (Fsp3) is 0.455. The molecule has 2 N–H and O–H groups in total. The van der Waals surface area contributed by atoms with Gasteiger partial charge >= 0.3 is 0 Å². The molecular formula is C33H38ClN5O4. The minimum atomic E-state index is -0.500. The highest BCUT2D eigenvalue weighted by Crippen LogP contribution is 2.41. The first-order chi connectivity index (χ1) is 20.7. The number of carbonyl (C=O) groups excluding carboxylic acids is 2. The van der Waals surface area contributed by atoms with E-state index in [1.165, 1.54) is 0 Å². The molecule has 2 aromatic heterocycles. The van der Waals surface area contributed by atoms with Crippen molar-refractivity contribution in [1.82, 2.24) is 19.8 Å². The summed E-state index contributed by atoms with van der Waals surface area (Å²) in [4.78, 5) is 47.1. The number of anilines is 1. The summed E-state index contributed by atoms with van der Waals surface area (Å²) < 4.78 is 7.00. The lowest BCUT2D eigenvalue weighted by atomic mass is 9.95. The fourth-order valence-electron chi connectivity index (χ4n) is 5.57. The van der Waals surface area contributed by atoms with Crippen LogP contribution in [0.2, 0.25) is 5.02 Å². The van der Waals surface area contributed by atoms with E-state index < -0.39 is 5.91 Å². The van der Waals surface area contributed by atoms with Gasteiger partial charge in [0.2, 0.25) is 0 Å². The molecular weight excluding hydrogens is 566 g/mol. The third-order valence-electron chi connectivity index (χ3n) is 8.40. The molecule has 0 unspecified atom stereocenters. The molecule has 1 saturated heterocycles. The van der Waals surface area contributed by atoms with Crippen LogP contribution in [-0.2, 0) is 11.3 Å². The summed E-state index contributed by atoms with van der Waals surface area (Å²) in [6.45, 7) is 6.68. The summed E-state index contributed by atoms with van der Waals surface area (Å²) >= 11 is 6.34. The fourth-order valence-corrected chi connectivity index (χ4v) is 5.74. The van der Waals surface area contributed by atoms with Crippen LogP contribution in [0.1, 0.15) is 83.5 Å². The standard InChI is InChI=1S/C33H38ClN5O4/c1-19-16-38(17-19)32(41)27-13-24(34)6-9-26(27)23-11-29(22-4-5-22)36-30(12-23)37-31(40)28-10-21(15-35-14-20(2)43-3)18-39(33(28)42)25-7-8-25/h6,9-13,18-20,22,25,35H,4-5,7-8,14-17H2,1-3H3,(H,36,37,40)/t20-/m0/s1. The number of amides is 2. The number of aromatic nitrogens is 2. The minimum Gasteiger partial charge on any atom is -0.380 e. The Hall–Kier alpha value is -3.53. The molecule has 2 saturated carbocycles. The van der Waals surface area contributed by atoms with Gasteiger partial charge in [-0.2, -0.15) is 0 Å². The predicted octanol–water partition coefficient (Wildman–Crippen LogP) is 5.24. The van der Waals surface area contributed by atoms with E-state index in [1.807, 2.05) is 30.2 Å². The zero-order valence-corrected chi connectivity index (χ0v) is 25.6. The van der Waals surface area contributed by atoms with E-state index in [1.54, 1.807) is 35.9 Å². The van der Waals surface area contributed by atoms with Crippen LogP contribution >= 0.6 is 11.6 Å². The Balaban J connectivity index is 1.31. The Morgan fingerprint density at radius 2 is 1.86 bits per heavy atom. The lowest BCUT2D eigenvalue weighted by Crippen LogP contribution is -2.48. The molecule has 1 aliphatic heterocycles. The molecule has 10 heteroatoms. The third-order valence-corrected chi connectivity index (χ3v) is 8.64. The van der Waals surface area contributed by atoms with Gasteiger partial charge in [0.05, 0.1) is 6.10 Å². The number of hydrogen-bond donors (Lipinski definition) is 2. The Labute approximate surface area is 256 Å². The van der Waals surface area contributed by atoms with Crippen molar-refractivity contribution in [2.24, 2.45) is 5.92 Å². The minimum absolute atomic E-state index is 0.0436. The van der Waals surface area contributed by atoms with E-state index in [0.717, 1.165) is 48.1 Å².